The summed E-state index contributed by atoms with van der Waals surface area (Å²) in [7, 11) is 0. The average molecular weight is 295 g/mol. The molecule has 2 aliphatic rings. The van der Waals surface area contributed by atoms with Gasteiger partial charge in [0, 0.05) is 19.0 Å². The molecule has 0 spiro atoms. The van der Waals surface area contributed by atoms with Crippen LogP contribution >= 0.6 is 0 Å². The van der Waals surface area contributed by atoms with E-state index in [-0.39, 0.29) is 23.3 Å². The van der Waals surface area contributed by atoms with Crippen LogP contribution in [-0.4, -0.2) is 41.9 Å². The van der Waals surface area contributed by atoms with Crippen molar-refractivity contribution in [2.45, 2.75) is 70.9 Å². The van der Waals surface area contributed by atoms with Gasteiger partial charge in [0.25, 0.3) is 0 Å². The van der Waals surface area contributed by atoms with E-state index in [0.29, 0.717) is 19.0 Å². The number of amides is 2. The highest BCUT2D eigenvalue weighted by Gasteiger charge is 2.36. The fourth-order valence-electron chi connectivity index (χ4n) is 2.97. The van der Waals surface area contributed by atoms with E-state index in [4.69, 9.17) is 5.73 Å². The van der Waals surface area contributed by atoms with Crippen molar-refractivity contribution in [2.24, 2.45) is 11.1 Å². The first-order chi connectivity index (χ1) is 9.93. The molecule has 2 rings (SSSR count). The van der Waals surface area contributed by atoms with Crippen LogP contribution in [0.25, 0.3) is 0 Å². The third kappa shape index (κ3) is 4.70. The molecule has 1 aliphatic carbocycles. The van der Waals surface area contributed by atoms with E-state index in [1.807, 2.05) is 0 Å². The topological polar surface area (TPSA) is 75.4 Å². The molecule has 1 saturated carbocycles. The van der Waals surface area contributed by atoms with E-state index >= 15 is 0 Å². The van der Waals surface area contributed by atoms with Gasteiger partial charge in [0.15, 0.2) is 0 Å². The molecule has 3 N–H and O–H groups in total. The Morgan fingerprint density at radius 1 is 1.24 bits per heavy atom. The van der Waals surface area contributed by atoms with E-state index < -0.39 is 0 Å². The molecule has 0 radical (unpaired) electrons. The van der Waals surface area contributed by atoms with Gasteiger partial charge in [-0.1, -0.05) is 13.8 Å². The monoisotopic (exact) mass is 295 g/mol. The third-order valence-electron chi connectivity index (χ3n) is 4.64. The Labute approximate surface area is 127 Å². The lowest BCUT2D eigenvalue weighted by Crippen LogP contribution is -2.46. The molecular formula is C16H29N3O2. The first-order valence-electron chi connectivity index (χ1n) is 8.23. The van der Waals surface area contributed by atoms with E-state index in [1.165, 1.54) is 0 Å². The first kappa shape index (κ1) is 16.3. The van der Waals surface area contributed by atoms with Gasteiger partial charge in [0.05, 0.1) is 0 Å². The minimum atomic E-state index is -0.240. The smallest absolute Gasteiger partial charge is 0.243 e. The third-order valence-corrected chi connectivity index (χ3v) is 4.64. The molecule has 2 amide bonds. The number of hydrogen-bond donors (Lipinski definition) is 2. The zero-order valence-electron chi connectivity index (χ0n) is 13.4. The van der Waals surface area contributed by atoms with Crippen LogP contribution in [0.4, 0.5) is 0 Å². The second kappa shape index (κ2) is 6.77. The Morgan fingerprint density at radius 2 is 1.95 bits per heavy atom. The van der Waals surface area contributed by atoms with Gasteiger partial charge < -0.3 is 16.0 Å². The van der Waals surface area contributed by atoms with Crippen molar-refractivity contribution in [2.75, 3.05) is 13.1 Å². The Bertz CT molecular complexity index is 391. The molecule has 5 nitrogen and oxygen atoms in total. The highest BCUT2D eigenvalue weighted by Crippen LogP contribution is 2.28. The second-order valence-corrected chi connectivity index (χ2v) is 7.23. The maximum atomic E-state index is 12.4. The quantitative estimate of drug-likeness (QED) is 0.745. The van der Waals surface area contributed by atoms with Gasteiger partial charge in [-0.15, -0.1) is 0 Å². The van der Waals surface area contributed by atoms with Gasteiger partial charge >= 0.3 is 0 Å². The van der Waals surface area contributed by atoms with Crippen molar-refractivity contribution < 1.29 is 9.59 Å². The summed E-state index contributed by atoms with van der Waals surface area (Å²) in [5, 5.41) is 3.02. The molecule has 0 aromatic carbocycles. The summed E-state index contributed by atoms with van der Waals surface area (Å²) in [6.45, 7) is 5.67. The van der Waals surface area contributed by atoms with Crippen LogP contribution in [0, 0.1) is 5.41 Å². The van der Waals surface area contributed by atoms with E-state index in [2.05, 4.69) is 19.2 Å². The minimum Gasteiger partial charge on any atom is -0.352 e. The lowest BCUT2D eigenvalue weighted by atomic mass is 9.84. The Balaban J connectivity index is 1.83. The normalized spacial score (nSPS) is 22.4. The lowest BCUT2D eigenvalue weighted by Gasteiger charge is -2.27. The number of hydrogen-bond acceptors (Lipinski definition) is 3. The fourth-order valence-corrected chi connectivity index (χ4v) is 2.97. The van der Waals surface area contributed by atoms with E-state index in [9.17, 15) is 9.59 Å². The zero-order valence-corrected chi connectivity index (χ0v) is 13.4. The molecule has 1 atom stereocenters. The predicted molar refractivity (Wildman–Crippen MR) is 82.6 cm³/mol. The van der Waals surface area contributed by atoms with Crippen molar-refractivity contribution in [1.82, 2.24) is 10.2 Å². The largest absolute Gasteiger partial charge is 0.352 e. The van der Waals surface area contributed by atoms with Crippen LogP contribution in [0.15, 0.2) is 0 Å². The predicted octanol–water partition coefficient (Wildman–Crippen LogP) is 1.41. The Hall–Kier alpha value is -1.10. The maximum Gasteiger partial charge on any atom is 0.243 e. The number of carbonyl (C=O) groups is 2. The summed E-state index contributed by atoms with van der Waals surface area (Å²) in [5.41, 5.74) is 5.70. The Morgan fingerprint density at radius 3 is 2.57 bits per heavy atom. The number of rotatable bonds is 7. The first-order valence-corrected chi connectivity index (χ1v) is 8.23. The summed E-state index contributed by atoms with van der Waals surface area (Å²) in [6, 6.07) is 0.120. The van der Waals surface area contributed by atoms with Crippen LogP contribution < -0.4 is 11.1 Å². The summed E-state index contributed by atoms with van der Waals surface area (Å²) in [4.78, 5) is 26.4. The molecule has 1 unspecified atom stereocenters. The SMILES string of the molecule is CC(C)(CCN)CCC(=O)N1CCCC1C(=O)NC1CC1. The molecule has 2 fully saturated rings. The Kier molecular flexibility index (Phi) is 5.25. The molecule has 21 heavy (non-hydrogen) atoms. The lowest BCUT2D eigenvalue weighted by molar-refractivity contribution is -0.138. The average Bonchev–Trinajstić information content (AvgIpc) is 3.08. The van der Waals surface area contributed by atoms with Gasteiger partial charge in [-0.2, -0.15) is 0 Å². The van der Waals surface area contributed by atoms with Crippen molar-refractivity contribution in [1.29, 1.82) is 0 Å². The molecule has 1 aliphatic heterocycles. The summed E-state index contributed by atoms with van der Waals surface area (Å²) >= 11 is 0. The van der Waals surface area contributed by atoms with Gasteiger partial charge in [-0.3, -0.25) is 9.59 Å². The van der Waals surface area contributed by atoms with E-state index in [0.717, 1.165) is 45.1 Å². The molecule has 0 aromatic heterocycles. The fraction of sp³-hybridized carbons (Fsp3) is 0.875. The standard InChI is InChI=1S/C16H29N3O2/c1-16(2,9-10-17)8-7-14(20)19-11-3-4-13(19)15(21)18-12-5-6-12/h12-13H,3-11,17H2,1-2H3,(H,18,21). The van der Waals surface area contributed by atoms with Crippen LogP contribution in [-0.2, 0) is 9.59 Å². The molecular weight excluding hydrogens is 266 g/mol. The highest BCUT2D eigenvalue weighted by molar-refractivity contribution is 5.88. The minimum absolute atomic E-state index is 0.0459. The summed E-state index contributed by atoms with van der Waals surface area (Å²) in [6.07, 6.45) is 6.17. The van der Waals surface area contributed by atoms with Crippen molar-refractivity contribution in [3.63, 3.8) is 0 Å². The zero-order chi connectivity index (χ0) is 15.5. The molecule has 0 aromatic rings. The molecule has 5 heteroatoms. The number of nitrogens with two attached hydrogens (primary N) is 1. The van der Waals surface area contributed by atoms with Gasteiger partial charge in [0.1, 0.15) is 6.04 Å². The van der Waals surface area contributed by atoms with Crippen LogP contribution in [0.3, 0.4) is 0 Å². The number of nitrogens with zero attached hydrogens (tertiary/aromatic N) is 1. The van der Waals surface area contributed by atoms with Crippen molar-refractivity contribution >= 4 is 11.8 Å². The van der Waals surface area contributed by atoms with Gasteiger partial charge in [-0.25, -0.2) is 0 Å². The van der Waals surface area contributed by atoms with E-state index in [1.54, 1.807) is 4.90 Å². The molecule has 1 heterocycles. The van der Waals surface area contributed by atoms with Gasteiger partial charge in [-0.05, 0) is 50.5 Å². The molecule has 0 bridgehead atoms. The molecule has 1 saturated heterocycles. The van der Waals surface area contributed by atoms with Crippen molar-refractivity contribution in [3.8, 4) is 0 Å². The summed E-state index contributed by atoms with van der Waals surface area (Å²) < 4.78 is 0. The maximum absolute atomic E-state index is 12.4. The summed E-state index contributed by atoms with van der Waals surface area (Å²) in [5.74, 6) is 0.165. The number of likely N-dealkylation sites (tertiary alicyclic amines) is 1. The highest BCUT2D eigenvalue weighted by atomic mass is 16.2. The van der Waals surface area contributed by atoms with Crippen molar-refractivity contribution in [3.05, 3.63) is 0 Å². The second-order valence-electron chi connectivity index (χ2n) is 7.23. The van der Waals surface area contributed by atoms with Crippen LogP contribution in [0.1, 0.15) is 58.8 Å². The van der Waals surface area contributed by atoms with Crippen LogP contribution in [0.2, 0.25) is 0 Å². The number of carbonyl (C=O) groups excluding carboxylic acids is 2. The number of nitrogens with one attached hydrogen (secondary N) is 1. The van der Waals surface area contributed by atoms with Gasteiger partial charge in [0.2, 0.25) is 11.8 Å². The van der Waals surface area contributed by atoms with Crippen LogP contribution in [0.5, 0.6) is 0 Å². The molecule has 120 valence electrons.